The standard InChI is InChI=1S/C30H27Cl2NO5/c1-3-4-5-6-14-37-24-12-10-18(15-25(24)36-2)27-26-28(34)22-17-20(32)11-13-23(22)38-29(26)30(35)33(27)21-9-7-8-19(31)16-21/h7-13,15-17,27H,3-6,14H2,1-2H3. The topological polar surface area (TPSA) is 69.0 Å². The minimum Gasteiger partial charge on any atom is -0.493 e. The highest BCUT2D eigenvalue weighted by Crippen LogP contribution is 2.43. The number of hydrogen-bond acceptors (Lipinski definition) is 5. The second-order valence-electron chi connectivity index (χ2n) is 9.19. The van der Waals surface area contributed by atoms with Crippen LogP contribution in [0.3, 0.4) is 0 Å². The number of nitrogens with zero attached hydrogens (tertiary/aromatic N) is 1. The lowest BCUT2D eigenvalue weighted by atomic mass is 9.97. The number of unbranched alkanes of at least 4 members (excludes halogenated alkanes) is 3. The van der Waals surface area contributed by atoms with Crippen LogP contribution in [-0.2, 0) is 0 Å². The molecule has 1 amide bonds. The van der Waals surface area contributed by atoms with Gasteiger partial charge in [-0.3, -0.25) is 14.5 Å². The fourth-order valence-corrected chi connectivity index (χ4v) is 5.19. The molecule has 1 aliphatic rings. The summed E-state index contributed by atoms with van der Waals surface area (Å²) in [6.07, 6.45) is 4.36. The third-order valence-electron chi connectivity index (χ3n) is 6.68. The summed E-state index contributed by atoms with van der Waals surface area (Å²) in [7, 11) is 1.56. The van der Waals surface area contributed by atoms with Gasteiger partial charge in [0.2, 0.25) is 5.76 Å². The van der Waals surface area contributed by atoms with Gasteiger partial charge in [-0.05, 0) is 60.5 Å². The predicted octanol–water partition coefficient (Wildman–Crippen LogP) is 7.82. The Hall–Kier alpha value is -3.48. The monoisotopic (exact) mass is 551 g/mol. The van der Waals surface area contributed by atoms with Gasteiger partial charge in [0.15, 0.2) is 16.9 Å². The van der Waals surface area contributed by atoms with E-state index in [1.165, 1.54) is 4.90 Å². The van der Waals surface area contributed by atoms with Gasteiger partial charge in [-0.2, -0.15) is 0 Å². The summed E-state index contributed by atoms with van der Waals surface area (Å²) >= 11 is 12.5. The van der Waals surface area contributed by atoms with Gasteiger partial charge in [0.1, 0.15) is 5.58 Å². The Labute approximate surface area is 230 Å². The first kappa shape index (κ1) is 26.1. The molecule has 3 aromatic carbocycles. The molecule has 196 valence electrons. The van der Waals surface area contributed by atoms with Crippen LogP contribution in [0, 0.1) is 0 Å². The molecule has 6 nitrogen and oxygen atoms in total. The Kier molecular flexibility index (Phi) is 7.63. The average Bonchev–Trinajstić information content (AvgIpc) is 3.21. The van der Waals surface area contributed by atoms with Crippen molar-refractivity contribution in [3.05, 3.63) is 97.8 Å². The normalized spacial score (nSPS) is 14.7. The van der Waals surface area contributed by atoms with Crippen LogP contribution in [-0.4, -0.2) is 19.6 Å². The number of halogens is 2. The number of carbonyl (C=O) groups is 1. The van der Waals surface area contributed by atoms with Crippen LogP contribution in [0.1, 0.15) is 60.3 Å². The number of ether oxygens (including phenoxy) is 2. The zero-order valence-corrected chi connectivity index (χ0v) is 22.6. The van der Waals surface area contributed by atoms with E-state index in [4.69, 9.17) is 37.1 Å². The molecule has 0 bridgehead atoms. The molecule has 0 saturated carbocycles. The number of benzene rings is 3. The van der Waals surface area contributed by atoms with E-state index >= 15 is 0 Å². The van der Waals surface area contributed by atoms with Crippen molar-refractivity contribution in [1.29, 1.82) is 0 Å². The molecule has 0 spiro atoms. The van der Waals surface area contributed by atoms with Gasteiger partial charge in [-0.25, -0.2) is 0 Å². The minimum absolute atomic E-state index is 0.00924. The summed E-state index contributed by atoms with van der Waals surface area (Å²) in [5, 5.41) is 1.17. The van der Waals surface area contributed by atoms with Crippen molar-refractivity contribution in [3.63, 3.8) is 0 Å². The number of carbonyl (C=O) groups excluding carboxylic acids is 1. The van der Waals surface area contributed by atoms with Crippen molar-refractivity contribution >= 4 is 45.8 Å². The summed E-state index contributed by atoms with van der Waals surface area (Å²) in [5.74, 6) is 0.670. The van der Waals surface area contributed by atoms with Gasteiger partial charge in [0, 0.05) is 15.7 Å². The Bertz CT molecular complexity index is 1560. The Morgan fingerprint density at radius 2 is 1.74 bits per heavy atom. The fourth-order valence-electron chi connectivity index (χ4n) is 4.84. The van der Waals surface area contributed by atoms with Gasteiger partial charge >= 0.3 is 0 Å². The van der Waals surface area contributed by atoms with Crippen LogP contribution < -0.4 is 19.8 Å². The van der Waals surface area contributed by atoms with Crippen LogP contribution in [0.2, 0.25) is 10.0 Å². The molecule has 1 atom stereocenters. The zero-order valence-electron chi connectivity index (χ0n) is 21.1. The molecular weight excluding hydrogens is 525 g/mol. The predicted molar refractivity (Wildman–Crippen MR) is 150 cm³/mol. The summed E-state index contributed by atoms with van der Waals surface area (Å²) in [4.78, 5) is 29.1. The molecule has 5 rings (SSSR count). The highest BCUT2D eigenvalue weighted by atomic mass is 35.5. The third-order valence-corrected chi connectivity index (χ3v) is 7.15. The number of amides is 1. The van der Waals surface area contributed by atoms with Gasteiger partial charge in [-0.15, -0.1) is 0 Å². The van der Waals surface area contributed by atoms with E-state index in [2.05, 4.69) is 6.92 Å². The lowest BCUT2D eigenvalue weighted by Crippen LogP contribution is -2.29. The first-order valence-electron chi connectivity index (χ1n) is 12.6. The van der Waals surface area contributed by atoms with Crippen LogP contribution >= 0.6 is 23.2 Å². The van der Waals surface area contributed by atoms with Gasteiger partial charge in [-0.1, -0.05) is 61.5 Å². The molecule has 8 heteroatoms. The van der Waals surface area contributed by atoms with Crippen molar-refractivity contribution in [2.45, 2.75) is 38.6 Å². The van der Waals surface area contributed by atoms with E-state index in [0.29, 0.717) is 50.4 Å². The number of hydrogen-bond donors (Lipinski definition) is 0. The molecule has 0 radical (unpaired) electrons. The number of rotatable bonds is 9. The molecule has 1 unspecified atom stereocenters. The Morgan fingerprint density at radius 3 is 2.50 bits per heavy atom. The van der Waals surface area contributed by atoms with Gasteiger partial charge < -0.3 is 13.9 Å². The minimum atomic E-state index is -0.775. The lowest BCUT2D eigenvalue weighted by Gasteiger charge is -2.26. The molecular formula is C30H27Cl2NO5. The molecule has 2 heterocycles. The van der Waals surface area contributed by atoms with Crippen LogP contribution in [0.5, 0.6) is 11.5 Å². The molecule has 0 aliphatic carbocycles. The average molecular weight is 552 g/mol. The summed E-state index contributed by atoms with van der Waals surface area (Å²) < 4.78 is 17.6. The van der Waals surface area contributed by atoms with Gasteiger partial charge in [0.25, 0.3) is 5.91 Å². The van der Waals surface area contributed by atoms with Crippen molar-refractivity contribution in [3.8, 4) is 11.5 Å². The molecule has 0 N–H and O–H groups in total. The highest BCUT2D eigenvalue weighted by Gasteiger charge is 2.44. The highest BCUT2D eigenvalue weighted by molar-refractivity contribution is 6.31. The Balaban J connectivity index is 1.63. The first-order chi connectivity index (χ1) is 18.4. The van der Waals surface area contributed by atoms with Crippen molar-refractivity contribution in [2.75, 3.05) is 18.6 Å². The molecule has 4 aromatic rings. The SMILES string of the molecule is CCCCCCOc1ccc(C2c3c(oc4ccc(Cl)cc4c3=O)C(=O)N2c2cccc(Cl)c2)cc1OC. The van der Waals surface area contributed by atoms with Crippen molar-refractivity contribution < 1.29 is 18.7 Å². The third kappa shape index (κ3) is 4.86. The zero-order chi connectivity index (χ0) is 26.8. The number of anilines is 1. The maximum atomic E-state index is 13.8. The first-order valence-corrected chi connectivity index (χ1v) is 13.3. The molecule has 38 heavy (non-hydrogen) atoms. The van der Waals surface area contributed by atoms with E-state index in [1.54, 1.807) is 55.6 Å². The van der Waals surface area contributed by atoms with E-state index in [9.17, 15) is 9.59 Å². The Morgan fingerprint density at radius 1 is 0.921 bits per heavy atom. The molecule has 0 fully saturated rings. The van der Waals surface area contributed by atoms with E-state index in [-0.39, 0.29) is 16.8 Å². The summed E-state index contributed by atoms with van der Waals surface area (Å²) in [6.45, 7) is 2.74. The summed E-state index contributed by atoms with van der Waals surface area (Å²) in [5.41, 5.74) is 1.42. The lowest BCUT2D eigenvalue weighted by molar-refractivity contribution is 0.0971. The van der Waals surface area contributed by atoms with Gasteiger partial charge in [0.05, 0.1) is 30.7 Å². The van der Waals surface area contributed by atoms with Crippen LogP contribution in [0.25, 0.3) is 11.0 Å². The largest absolute Gasteiger partial charge is 0.493 e. The van der Waals surface area contributed by atoms with Crippen molar-refractivity contribution in [1.82, 2.24) is 0 Å². The van der Waals surface area contributed by atoms with Crippen LogP contribution in [0.15, 0.2) is 69.9 Å². The van der Waals surface area contributed by atoms with Crippen molar-refractivity contribution in [2.24, 2.45) is 0 Å². The molecule has 1 aromatic heterocycles. The number of fused-ring (bicyclic) bond motifs is 2. The van der Waals surface area contributed by atoms with E-state index in [0.717, 1.165) is 25.7 Å². The van der Waals surface area contributed by atoms with E-state index in [1.807, 2.05) is 12.1 Å². The second-order valence-corrected chi connectivity index (χ2v) is 10.1. The smallest absolute Gasteiger partial charge is 0.295 e. The quantitative estimate of drug-likeness (QED) is 0.198. The fraction of sp³-hybridized carbons (Fsp3) is 0.267. The molecule has 1 aliphatic heterocycles. The number of methoxy groups -OCH3 is 1. The second kappa shape index (κ2) is 11.1. The van der Waals surface area contributed by atoms with Crippen LogP contribution in [0.4, 0.5) is 5.69 Å². The maximum absolute atomic E-state index is 13.8. The summed E-state index contributed by atoms with van der Waals surface area (Å²) in [6, 6.07) is 16.4. The van der Waals surface area contributed by atoms with E-state index < -0.39 is 11.9 Å². The molecule has 0 saturated heterocycles. The maximum Gasteiger partial charge on any atom is 0.295 e.